The van der Waals surface area contributed by atoms with Crippen LogP contribution in [-0.2, 0) is 11.3 Å². The molecule has 126 valence electrons. The van der Waals surface area contributed by atoms with E-state index in [0.717, 1.165) is 16.7 Å². The number of rotatable bonds is 7. The summed E-state index contributed by atoms with van der Waals surface area (Å²) in [5.74, 6) is -0.660. The first-order chi connectivity index (χ1) is 11.6. The lowest BCUT2D eigenvalue weighted by Crippen LogP contribution is -2.49. The molecular formula is C19H22N2O3. The van der Waals surface area contributed by atoms with Crippen LogP contribution in [0.25, 0.3) is 12.2 Å². The second-order valence-corrected chi connectivity index (χ2v) is 5.56. The summed E-state index contributed by atoms with van der Waals surface area (Å²) >= 11 is 0. The smallest absolute Gasteiger partial charge is 0.263 e. The molecule has 0 saturated heterocycles. The van der Waals surface area contributed by atoms with E-state index in [0.29, 0.717) is 6.54 Å². The van der Waals surface area contributed by atoms with Gasteiger partial charge in [-0.3, -0.25) is 15.3 Å². The average molecular weight is 326 g/mol. The Bertz CT molecular complexity index is 667. The minimum absolute atomic E-state index is 0.408. The molecule has 0 aromatic heterocycles. The summed E-state index contributed by atoms with van der Waals surface area (Å²) in [6.45, 7) is 1.90. The quantitative estimate of drug-likeness (QED) is 0.357. The maximum atomic E-state index is 11.5. The van der Waals surface area contributed by atoms with Gasteiger partial charge in [-0.1, -0.05) is 66.7 Å². The van der Waals surface area contributed by atoms with Gasteiger partial charge >= 0.3 is 0 Å². The van der Waals surface area contributed by atoms with Crippen LogP contribution in [0.4, 0.5) is 0 Å². The number of hydrogen-bond acceptors (Lipinski definition) is 4. The van der Waals surface area contributed by atoms with Gasteiger partial charge in [0.1, 0.15) is 6.04 Å². The number of hydroxylamine groups is 1. The van der Waals surface area contributed by atoms with E-state index in [4.69, 9.17) is 5.21 Å². The van der Waals surface area contributed by atoms with E-state index < -0.39 is 18.1 Å². The zero-order valence-corrected chi connectivity index (χ0v) is 13.5. The summed E-state index contributed by atoms with van der Waals surface area (Å²) in [6, 6.07) is 17.1. The fraction of sp³-hybridized carbons (Fsp3) is 0.211. The zero-order chi connectivity index (χ0) is 17.4. The molecular weight excluding hydrogens is 304 g/mol. The lowest BCUT2D eigenvalue weighted by atomic mass is 10.1. The van der Waals surface area contributed by atoms with Crippen LogP contribution < -0.4 is 10.8 Å². The number of nitrogens with one attached hydrogen (secondary N) is 2. The van der Waals surface area contributed by atoms with E-state index in [1.54, 1.807) is 5.48 Å². The minimum atomic E-state index is -0.912. The third-order valence-corrected chi connectivity index (χ3v) is 3.65. The molecule has 2 aromatic rings. The number of carbonyl (C=O) groups excluding carboxylic acids is 1. The van der Waals surface area contributed by atoms with Crippen LogP contribution in [0.15, 0.2) is 54.6 Å². The van der Waals surface area contributed by atoms with E-state index >= 15 is 0 Å². The van der Waals surface area contributed by atoms with Gasteiger partial charge in [0.25, 0.3) is 5.91 Å². The number of hydrogen-bond donors (Lipinski definition) is 4. The van der Waals surface area contributed by atoms with Crippen molar-refractivity contribution in [2.24, 2.45) is 0 Å². The molecule has 0 aliphatic heterocycles. The van der Waals surface area contributed by atoms with E-state index in [1.165, 1.54) is 6.92 Å². The molecule has 0 radical (unpaired) electrons. The molecule has 2 aromatic carbocycles. The van der Waals surface area contributed by atoms with Crippen LogP contribution in [-0.4, -0.2) is 28.4 Å². The van der Waals surface area contributed by atoms with Crippen LogP contribution in [0.1, 0.15) is 23.6 Å². The Morgan fingerprint density at radius 3 is 2.17 bits per heavy atom. The number of carbonyl (C=O) groups is 1. The molecule has 2 atom stereocenters. The summed E-state index contributed by atoms with van der Waals surface area (Å²) in [5, 5.41) is 21.2. The number of benzene rings is 2. The van der Waals surface area contributed by atoms with Crippen molar-refractivity contribution in [2.45, 2.75) is 25.6 Å². The Morgan fingerprint density at radius 1 is 1.04 bits per heavy atom. The molecule has 0 saturated carbocycles. The van der Waals surface area contributed by atoms with Gasteiger partial charge in [0.15, 0.2) is 0 Å². The largest absolute Gasteiger partial charge is 0.391 e. The van der Waals surface area contributed by atoms with Gasteiger partial charge < -0.3 is 5.11 Å². The van der Waals surface area contributed by atoms with Crippen LogP contribution in [0.2, 0.25) is 0 Å². The first-order valence-corrected chi connectivity index (χ1v) is 7.77. The van der Waals surface area contributed by atoms with Crippen molar-refractivity contribution in [3.63, 3.8) is 0 Å². The predicted octanol–water partition coefficient (Wildman–Crippen LogP) is 2.20. The van der Waals surface area contributed by atoms with Gasteiger partial charge in [-0.15, -0.1) is 0 Å². The first-order valence-electron chi connectivity index (χ1n) is 7.77. The monoisotopic (exact) mass is 326 g/mol. The van der Waals surface area contributed by atoms with Gasteiger partial charge in [0.05, 0.1) is 6.10 Å². The predicted molar refractivity (Wildman–Crippen MR) is 94.0 cm³/mol. The van der Waals surface area contributed by atoms with Crippen molar-refractivity contribution in [1.82, 2.24) is 10.8 Å². The number of aliphatic hydroxyl groups excluding tert-OH is 1. The van der Waals surface area contributed by atoms with Gasteiger partial charge in [-0.2, -0.15) is 0 Å². The highest BCUT2D eigenvalue weighted by Gasteiger charge is 2.22. The molecule has 0 fully saturated rings. The highest BCUT2D eigenvalue weighted by atomic mass is 16.5. The Balaban J connectivity index is 1.94. The first kappa shape index (κ1) is 17.9. The molecule has 0 spiro atoms. The van der Waals surface area contributed by atoms with Crippen molar-refractivity contribution in [3.8, 4) is 0 Å². The SMILES string of the molecule is C[C@@H](O)[C@H](NCc1ccc(C=Cc2ccccc2)cc1)C(=O)NO. The molecule has 0 aliphatic carbocycles. The summed E-state index contributed by atoms with van der Waals surface area (Å²) in [7, 11) is 0. The summed E-state index contributed by atoms with van der Waals surface area (Å²) in [6.07, 6.45) is 3.16. The van der Waals surface area contributed by atoms with Gasteiger partial charge in [0.2, 0.25) is 0 Å². The van der Waals surface area contributed by atoms with E-state index in [-0.39, 0.29) is 0 Å². The van der Waals surface area contributed by atoms with E-state index in [9.17, 15) is 9.90 Å². The minimum Gasteiger partial charge on any atom is -0.391 e. The molecule has 1 amide bonds. The van der Waals surface area contributed by atoms with E-state index in [2.05, 4.69) is 5.32 Å². The van der Waals surface area contributed by atoms with Crippen molar-refractivity contribution in [1.29, 1.82) is 0 Å². The third kappa shape index (κ3) is 5.31. The van der Waals surface area contributed by atoms with Crippen molar-refractivity contribution >= 4 is 18.1 Å². The summed E-state index contributed by atoms with van der Waals surface area (Å²) in [5.41, 5.74) is 4.74. The molecule has 4 N–H and O–H groups in total. The fourth-order valence-electron chi connectivity index (χ4n) is 2.28. The summed E-state index contributed by atoms with van der Waals surface area (Å²) < 4.78 is 0. The van der Waals surface area contributed by atoms with Gasteiger partial charge in [0, 0.05) is 6.54 Å². The zero-order valence-electron chi connectivity index (χ0n) is 13.5. The van der Waals surface area contributed by atoms with Crippen LogP contribution in [0.3, 0.4) is 0 Å². The molecule has 0 unspecified atom stereocenters. The van der Waals surface area contributed by atoms with Gasteiger partial charge in [-0.05, 0) is 23.6 Å². The third-order valence-electron chi connectivity index (χ3n) is 3.65. The van der Waals surface area contributed by atoms with Crippen LogP contribution in [0.5, 0.6) is 0 Å². The number of aliphatic hydroxyl groups is 1. The highest BCUT2D eigenvalue weighted by molar-refractivity contribution is 5.81. The Kier molecular flexibility index (Phi) is 6.69. The lowest BCUT2D eigenvalue weighted by Gasteiger charge is -2.19. The molecule has 0 heterocycles. The number of amides is 1. The Labute approximate surface area is 141 Å². The van der Waals surface area contributed by atoms with Crippen molar-refractivity contribution < 1.29 is 15.1 Å². The Morgan fingerprint density at radius 2 is 1.62 bits per heavy atom. The highest BCUT2D eigenvalue weighted by Crippen LogP contribution is 2.10. The average Bonchev–Trinajstić information content (AvgIpc) is 2.61. The topological polar surface area (TPSA) is 81.6 Å². The molecule has 0 bridgehead atoms. The Hall–Kier alpha value is -2.47. The molecule has 5 nitrogen and oxygen atoms in total. The molecule has 24 heavy (non-hydrogen) atoms. The normalized spacial score (nSPS) is 13.6. The van der Waals surface area contributed by atoms with Gasteiger partial charge in [-0.25, -0.2) is 5.48 Å². The van der Waals surface area contributed by atoms with Crippen LogP contribution >= 0.6 is 0 Å². The molecule has 2 rings (SSSR count). The molecule has 0 aliphatic rings. The fourth-order valence-corrected chi connectivity index (χ4v) is 2.28. The van der Waals surface area contributed by atoms with E-state index in [1.807, 2.05) is 66.7 Å². The second kappa shape index (κ2) is 8.98. The maximum absolute atomic E-state index is 11.5. The second-order valence-electron chi connectivity index (χ2n) is 5.56. The summed E-state index contributed by atoms with van der Waals surface area (Å²) in [4.78, 5) is 11.5. The van der Waals surface area contributed by atoms with Crippen molar-refractivity contribution in [2.75, 3.05) is 0 Å². The van der Waals surface area contributed by atoms with Crippen LogP contribution in [0, 0.1) is 0 Å². The van der Waals surface area contributed by atoms with Crippen molar-refractivity contribution in [3.05, 3.63) is 71.3 Å². The lowest BCUT2D eigenvalue weighted by molar-refractivity contribution is -0.134. The molecule has 5 heteroatoms. The standard InChI is InChI=1S/C19H22N2O3/c1-14(22)18(19(23)21-24)20-13-17-11-9-16(10-12-17)8-7-15-5-3-2-4-6-15/h2-12,14,18,20,22,24H,13H2,1H3,(H,21,23)/t14-,18+/m1/s1. The maximum Gasteiger partial charge on any atom is 0.263 e.